The van der Waals surface area contributed by atoms with Crippen molar-refractivity contribution in [2.45, 2.75) is 36.4 Å². The Morgan fingerprint density at radius 3 is 2.93 bits per heavy atom. The molecule has 4 heterocycles. The summed E-state index contributed by atoms with van der Waals surface area (Å²) in [4.78, 5) is 7.76. The summed E-state index contributed by atoms with van der Waals surface area (Å²) < 4.78 is 8.11. The molecule has 0 amide bonds. The minimum absolute atomic E-state index is 0.217. The van der Waals surface area contributed by atoms with E-state index in [1.54, 1.807) is 11.8 Å². The van der Waals surface area contributed by atoms with Crippen LogP contribution in [-0.2, 0) is 17.0 Å². The zero-order chi connectivity index (χ0) is 18.8. The van der Waals surface area contributed by atoms with Crippen LogP contribution >= 0.6 is 11.8 Å². The van der Waals surface area contributed by atoms with Crippen molar-refractivity contribution in [2.24, 2.45) is 0 Å². The second-order valence-electron chi connectivity index (χ2n) is 6.91. The van der Waals surface area contributed by atoms with Gasteiger partial charge in [-0.3, -0.25) is 9.55 Å². The lowest BCUT2D eigenvalue weighted by Gasteiger charge is -2.14. The number of para-hydroxylation sites is 1. The molecule has 1 aliphatic heterocycles. The summed E-state index contributed by atoms with van der Waals surface area (Å²) in [6.45, 7) is 1.61. The zero-order valence-electron chi connectivity index (χ0n) is 15.4. The number of ether oxygens (including phenoxy) is 1. The van der Waals surface area contributed by atoms with Crippen LogP contribution in [0, 0.1) is 0 Å². The molecule has 3 aromatic heterocycles. The quantitative estimate of drug-likeness (QED) is 0.497. The summed E-state index contributed by atoms with van der Waals surface area (Å²) >= 11 is 1.67. The summed E-state index contributed by atoms with van der Waals surface area (Å²) in [7, 11) is 0. The van der Waals surface area contributed by atoms with Crippen LogP contribution in [0.4, 0.5) is 0 Å². The highest BCUT2D eigenvalue weighted by Crippen LogP contribution is 2.32. The van der Waals surface area contributed by atoms with E-state index in [0.29, 0.717) is 0 Å². The molecule has 5 rings (SSSR count). The Kier molecular flexibility index (Phi) is 4.85. The molecule has 1 aliphatic rings. The Morgan fingerprint density at radius 2 is 2.07 bits per heavy atom. The predicted octanol–water partition coefficient (Wildman–Crippen LogP) is 4.29. The number of H-pyrrole nitrogens is 1. The summed E-state index contributed by atoms with van der Waals surface area (Å²) in [5.74, 6) is 1.65. The first-order chi connectivity index (χ1) is 13.9. The monoisotopic (exact) mass is 391 g/mol. The highest BCUT2D eigenvalue weighted by atomic mass is 32.2. The van der Waals surface area contributed by atoms with E-state index in [4.69, 9.17) is 4.74 Å². The van der Waals surface area contributed by atoms with E-state index in [-0.39, 0.29) is 6.10 Å². The molecule has 0 radical (unpaired) electrons. The number of nitrogens with one attached hydrogen (secondary N) is 1. The molecule has 1 aromatic carbocycles. The van der Waals surface area contributed by atoms with E-state index in [1.807, 2.05) is 36.7 Å². The van der Waals surface area contributed by atoms with Gasteiger partial charge in [0.05, 0.1) is 18.3 Å². The second-order valence-corrected chi connectivity index (χ2v) is 7.85. The van der Waals surface area contributed by atoms with E-state index < -0.39 is 0 Å². The topological polar surface area (TPSA) is 68.6 Å². The molecule has 1 atom stereocenters. The fraction of sp³-hybridized carbons (Fsp3) is 0.286. The molecule has 4 aromatic rings. The first kappa shape index (κ1) is 17.5. The van der Waals surface area contributed by atoms with E-state index in [2.05, 4.69) is 42.9 Å². The lowest BCUT2D eigenvalue weighted by Crippen LogP contribution is -2.16. The molecular formula is C21H21N5OS. The first-order valence-corrected chi connectivity index (χ1v) is 10.5. The highest BCUT2D eigenvalue weighted by Gasteiger charge is 2.23. The Labute approximate surface area is 167 Å². The summed E-state index contributed by atoms with van der Waals surface area (Å²) in [5.41, 5.74) is 3.21. The van der Waals surface area contributed by atoms with Crippen LogP contribution in [0.25, 0.3) is 22.3 Å². The van der Waals surface area contributed by atoms with Gasteiger partial charge in [0.2, 0.25) is 0 Å². The normalized spacial score (nSPS) is 16.8. The van der Waals surface area contributed by atoms with Crippen LogP contribution in [0.3, 0.4) is 0 Å². The van der Waals surface area contributed by atoms with Crippen molar-refractivity contribution in [1.29, 1.82) is 0 Å². The van der Waals surface area contributed by atoms with Crippen molar-refractivity contribution in [1.82, 2.24) is 24.7 Å². The molecule has 28 heavy (non-hydrogen) atoms. The number of rotatable bonds is 6. The maximum absolute atomic E-state index is 5.90. The van der Waals surface area contributed by atoms with Crippen LogP contribution in [-0.4, -0.2) is 37.4 Å². The lowest BCUT2D eigenvalue weighted by atomic mass is 10.1. The third-order valence-corrected chi connectivity index (χ3v) is 6.03. The Balaban J connectivity index is 1.50. The molecule has 142 valence electrons. The van der Waals surface area contributed by atoms with Crippen molar-refractivity contribution < 1.29 is 4.74 Å². The van der Waals surface area contributed by atoms with Crippen LogP contribution in [0.1, 0.15) is 18.5 Å². The number of thioether (sulfide) groups is 1. The first-order valence-electron chi connectivity index (χ1n) is 9.52. The lowest BCUT2D eigenvalue weighted by molar-refractivity contribution is 0.0953. The molecular weight excluding hydrogens is 370 g/mol. The Morgan fingerprint density at radius 1 is 1.14 bits per heavy atom. The van der Waals surface area contributed by atoms with Crippen LogP contribution in [0.15, 0.2) is 60.0 Å². The minimum atomic E-state index is 0.217. The SMILES string of the molecule is c1ccc(CSc2nnc(-c3c[nH]c4ccccc34)n2CC2CCCO2)nc1. The van der Waals surface area contributed by atoms with Gasteiger partial charge in [-0.05, 0) is 31.0 Å². The molecule has 0 bridgehead atoms. The van der Waals surface area contributed by atoms with E-state index in [1.165, 1.54) is 0 Å². The molecule has 6 nitrogen and oxygen atoms in total. The van der Waals surface area contributed by atoms with Crippen molar-refractivity contribution in [3.05, 3.63) is 60.6 Å². The van der Waals surface area contributed by atoms with Gasteiger partial charge in [-0.1, -0.05) is 36.0 Å². The average Bonchev–Trinajstić information content (AvgIpc) is 3.48. The van der Waals surface area contributed by atoms with Crippen LogP contribution < -0.4 is 0 Å². The van der Waals surface area contributed by atoms with Crippen molar-refractivity contribution >= 4 is 22.7 Å². The van der Waals surface area contributed by atoms with Crippen LogP contribution in [0.5, 0.6) is 0 Å². The van der Waals surface area contributed by atoms with Gasteiger partial charge in [-0.15, -0.1) is 10.2 Å². The number of aromatic nitrogens is 5. The maximum Gasteiger partial charge on any atom is 0.191 e. The molecule has 7 heteroatoms. The number of hydrogen-bond donors (Lipinski definition) is 1. The molecule has 0 aliphatic carbocycles. The highest BCUT2D eigenvalue weighted by molar-refractivity contribution is 7.98. The van der Waals surface area contributed by atoms with Gasteiger partial charge < -0.3 is 9.72 Å². The number of fused-ring (bicyclic) bond motifs is 1. The van der Waals surface area contributed by atoms with Gasteiger partial charge in [0.25, 0.3) is 0 Å². The summed E-state index contributed by atoms with van der Waals surface area (Å²) in [6.07, 6.45) is 6.26. The van der Waals surface area contributed by atoms with Crippen molar-refractivity contribution in [3.8, 4) is 11.4 Å². The molecule has 1 fully saturated rings. The second kappa shape index (κ2) is 7.77. The van der Waals surface area contributed by atoms with Crippen molar-refractivity contribution in [2.75, 3.05) is 6.61 Å². The van der Waals surface area contributed by atoms with Gasteiger partial charge in [0, 0.05) is 41.2 Å². The molecule has 1 saturated heterocycles. The smallest absolute Gasteiger partial charge is 0.191 e. The zero-order valence-corrected chi connectivity index (χ0v) is 16.2. The predicted molar refractivity (Wildman–Crippen MR) is 110 cm³/mol. The molecule has 0 spiro atoms. The van der Waals surface area contributed by atoms with Crippen LogP contribution in [0.2, 0.25) is 0 Å². The van der Waals surface area contributed by atoms with E-state index >= 15 is 0 Å². The third kappa shape index (κ3) is 3.43. The van der Waals surface area contributed by atoms with Gasteiger partial charge in [0.15, 0.2) is 11.0 Å². The number of nitrogens with zero attached hydrogens (tertiary/aromatic N) is 4. The van der Waals surface area contributed by atoms with Crippen molar-refractivity contribution in [3.63, 3.8) is 0 Å². The van der Waals surface area contributed by atoms with E-state index in [9.17, 15) is 0 Å². The Hall–Kier alpha value is -2.64. The number of aromatic amines is 1. The van der Waals surface area contributed by atoms with E-state index in [0.717, 1.165) is 64.9 Å². The average molecular weight is 392 g/mol. The van der Waals surface area contributed by atoms with Gasteiger partial charge >= 0.3 is 0 Å². The van der Waals surface area contributed by atoms with Gasteiger partial charge in [0.1, 0.15) is 0 Å². The standard InChI is InChI=1S/C21H21N5OS/c1-2-9-19-17(8-1)18(12-23-19)20-24-25-21(26(20)13-16-7-5-11-27-16)28-14-15-6-3-4-10-22-15/h1-4,6,8-10,12,16,23H,5,7,11,13-14H2. The summed E-state index contributed by atoms with van der Waals surface area (Å²) in [6, 6.07) is 14.3. The number of benzene rings is 1. The molecule has 0 saturated carbocycles. The van der Waals surface area contributed by atoms with Gasteiger partial charge in [-0.25, -0.2) is 0 Å². The third-order valence-electron chi connectivity index (χ3n) is 5.03. The fourth-order valence-corrected chi connectivity index (χ4v) is 4.49. The fourth-order valence-electron chi connectivity index (χ4n) is 3.63. The Bertz CT molecular complexity index is 1070. The largest absolute Gasteiger partial charge is 0.376 e. The molecule has 1 N–H and O–H groups in total. The maximum atomic E-state index is 5.90. The minimum Gasteiger partial charge on any atom is -0.376 e. The summed E-state index contributed by atoms with van der Waals surface area (Å²) in [5, 5.41) is 11.1. The molecule has 1 unspecified atom stereocenters. The number of hydrogen-bond acceptors (Lipinski definition) is 5. The number of pyridine rings is 1. The van der Waals surface area contributed by atoms with Gasteiger partial charge in [-0.2, -0.15) is 0 Å².